The highest BCUT2D eigenvalue weighted by Gasteiger charge is 2.28. The number of nitrogens with zero attached hydrogens (tertiary/aromatic N) is 1. The summed E-state index contributed by atoms with van der Waals surface area (Å²) < 4.78 is 0. The van der Waals surface area contributed by atoms with Crippen molar-refractivity contribution in [2.75, 3.05) is 0 Å². The van der Waals surface area contributed by atoms with Gasteiger partial charge < -0.3 is 5.11 Å². The number of hydrogen-bond acceptors (Lipinski definition) is 2. The minimum atomic E-state index is -0.768. The molecule has 0 heterocycles. The second-order valence-electron chi connectivity index (χ2n) is 5.67. The molecule has 1 aromatic carbocycles. The lowest BCUT2D eigenvalue weighted by molar-refractivity contribution is 0.0238. The van der Waals surface area contributed by atoms with Gasteiger partial charge in [-0.3, -0.25) is 0 Å². The topological polar surface area (TPSA) is 44.0 Å². The minimum Gasteiger partial charge on any atom is -0.385 e. The molecule has 0 aromatic heterocycles. The first kappa shape index (κ1) is 13.1. The average molecular weight is 243 g/mol. The average Bonchev–Trinajstić information content (AvgIpc) is 2.39. The lowest BCUT2D eigenvalue weighted by atomic mass is 9.79. The summed E-state index contributed by atoms with van der Waals surface area (Å²) in [6.45, 7) is 1.89. The van der Waals surface area contributed by atoms with Gasteiger partial charge in [0.2, 0.25) is 0 Å². The lowest BCUT2D eigenvalue weighted by Gasteiger charge is -2.31. The van der Waals surface area contributed by atoms with E-state index in [0.29, 0.717) is 11.5 Å². The molecule has 1 aliphatic rings. The van der Waals surface area contributed by atoms with E-state index in [1.165, 1.54) is 32.1 Å². The number of aliphatic hydroxyl groups is 1. The molecule has 0 bridgehead atoms. The maximum absolute atomic E-state index is 10.6. The molecule has 0 aliphatic heterocycles. The van der Waals surface area contributed by atoms with E-state index in [0.717, 1.165) is 12.0 Å². The zero-order valence-electron chi connectivity index (χ0n) is 11.0. The Morgan fingerprint density at radius 2 is 1.83 bits per heavy atom. The summed E-state index contributed by atoms with van der Waals surface area (Å²) in [5.74, 6) is 0.643. The maximum Gasteiger partial charge on any atom is 0.0991 e. The van der Waals surface area contributed by atoms with E-state index in [4.69, 9.17) is 5.26 Å². The first-order valence-corrected chi connectivity index (χ1v) is 6.85. The fourth-order valence-electron chi connectivity index (χ4n) is 2.98. The van der Waals surface area contributed by atoms with E-state index in [1.54, 1.807) is 12.1 Å². The molecule has 1 aromatic rings. The Morgan fingerprint density at radius 3 is 2.39 bits per heavy atom. The van der Waals surface area contributed by atoms with E-state index < -0.39 is 5.60 Å². The first-order chi connectivity index (χ1) is 8.62. The molecule has 1 aliphatic carbocycles. The summed E-state index contributed by atoms with van der Waals surface area (Å²) in [7, 11) is 0. The largest absolute Gasteiger partial charge is 0.385 e. The SMILES string of the molecule is CC(O)(CC1CCCCC1)c1ccc(C#N)cc1. The van der Waals surface area contributed by atoms with Crippen LogP contribution < -0.4 is 0 Å². The predicted molar refractivity (Wildman–Crippen MR) is 71.9 cm³/mol. The Hall–Kier alpha value is -1.33. The van der Waals surface area contributed by atoms with Gasteiger partial charge in [-0.15, -0.1) is 0 Å². The van der Waals surface area contributed by atoms with Gasteiger partial charge >= 0.3 is 0 Å². The molecule has 2 nitrogen and oxygen atoms in total. The summed E-state index contributed by atoms with van der Waals surface area (Å²) in [4.78, 5) is 0. The molecule has 0 amide bonds. The van der Waals surface area contributed by atoms with Crippen LogP contribution in [0.4, 0.5) is 0 Å². The molecule has 96 valence electrons. The van der Waals surface area contributed by atoms with Crippen molar-refractivity contribution in [3.05, 3.63) is 35.4 Å². The third-order valence-electron chi connectivity index (χ3n) is 4.05. The Morgan fingerprint density at radius 1 is 1.22 bits per heavy atom. The Bertz CT molecular complexity index is 421. The van der Waals surface area contributed by atoms with Crippen molar-refractivity contribution in [3.8, 4) is 6.07 Å². The molecule has 1 fully saturated rings. The van der Waals surface area contributed by atoms with E-state index in [9.17, 15) is 5.11 Å². The molecule has 1 atom stereocenters. The maximum atomic E-state index is 10.6. The number of hydrogen-bond donors (Lipinski definition) is 1. The van der Waals surface area contributed by atoms with Crippen molar-refractivity contribution >= 4 is 0 Å². The van der Waals surface area contributed by atoms with Gasteiger partial charge in [-0.25, -0.2) is 0 Å². The molecule has 0 spiro atoms. The summed E-state index contributed by atoms with van der Waals surface area (Å²) in [5.41, 5.74) is 0.801. The number of rotatable bonds is 3. The standard InChI is InChI=1S/C16H21NO/c1-16(18,11-13-5-3-2-4-6-13)15-9-7-14(12-17)8-10-15/h7-10,13,18H,2-6,11H2,1H3. The number of benzene rings is 1. The summed E-state index contributed by atoms with van der Waals surface area (Å²) >= 11 is 0. The van der Waals surface area contributed by atoms with Crippen LogP contribution in [0.5, 0.6) is 0 Å². The highest BCUT2D eigenvalue weighted by molar-refractivity contribution is 5.33. The zero-order chi connectivity index (χ0) is 13.0. The third-order valence-corrected chi connectivity index (χ3v) is 4.05. The van der Waals surface area contributed by atoms with Crippen LogP contribution >= 0.6 is 0 Å². The molecule has 18 heavy (non-hydrogen) atoms. The van der Waals surface area contributed by atoms with E-state index in [-0.39, 0.29) is 0 Å². The van der Waals surface area contributed by atoms with Crippen LogP contribution in [0.25, 0.3) is 0 Å². The molecule has 1 unspecified atom stereocenters. The van der Waals surface area contributed by atoms with Crippen LogP contribution in [-0.4, -0.2) is 5.11 Å². The van der Waals surface area contributed by atoms with Crippen LogP contribution in [-0.2, 0) is 5.60 Å². The Labute approximate surface area is 109 Å². The smallest absolute Gasteiger partial charge is 0.0991 e. The van der Waals surface area contributed by atoms with Gasteiger partial charge in [0.15, 0.2) is 0 Å². The van der Waals surface area contributed by atoms with Crippen LogP contribution in [0.2, 0.25) is 0 Å². The zero-order valence-corrected chi connectivity index (χ0v) is 11.0. The fourth-order valence-corrected chi connectivity index (χ4v) is 2.98. The van der Waals surface area contributed by atoms with Gasteiger partial charge in [0.25, 0.3) is 0 Å². The first-order valence-electron chi connectivity index (χ1n) is 6.85. The van der Waals surface area contributed by atoms with Gasteiger partial charge in [-0.2, -0.15) is 5.26 Å². The molecule has 1 saturated carbocycles. The summed E-state index contributed by atoms with van der Waals surface area (Å²) in [6.07, 6.45) is 7.26. The third kappa shape index (κ3) is 3.11. The van der Waals surface area contributed by atoms with Gasteiger partial charge in [0, 0.05) is 0 Å². The second-order valence-corrected chi connectivity index (χ2v) is 5.67. The van der Waals surface area contributed by atoms with Crippen molar-refractivity contribution in [2.24, 2.45) is 5.92 Å². The van der Waals surface area contributed by atoms with Crippen molar-refractivity contribution in [1.82, 2.24) is 0 Å². The molecule has 2 heteroatoms. The predicted octanol–water partition coefficient (Wildman–Crippen LogP) is 3.74. The normalized spacial score (nSPS) is 20.1. The monoisotopic (exact) mass is 243 g/mol. The van der Waals surface area contributed by atoms with Crippen molar-refractivity contribution in [2.45, 2.75) is 51.0 Å². The Kier molecular flexibility index (Phi) is 4.04. The molecule has 1 N–H and O–H groups in total. The number of nitriles is 1. The molecule has 0 saturated heterocycles. The van der Waals surface area contributed by atoms with Gasteiger partial charge in [-0.1, -0.05) is 44.2 Å². The van der Waals surface area contributed by atoms with Crippen molar-refractivity contribution < 1.29 is 5.11 Å². The van der Waals surface area contributed by atoms with Crippen LogP contribution in [0, 0.1) is 17.2 Å². The molecular formula is C16H21NO. The van der Waals surface area contributed by atoms with Crippen molar-refractivity contribution in [1.29, 1.82) is 5.26 Å². The second kappa shape index (κ2) is 5.54. The van der Waals surface area contributed by atoms with Crippen LogP contribution in [0.1, 0.15) is 56.6 Å². The van der Waals surface area contributed by atoms with Gasteiger partial charge in [0.1, 0.15) is 0 Å². The minimum absolute atomic E-state index is 0.643. The van der Waals surface area contributed by atoms with E-state index in [1.807, 2.05) is 19.1 Å². The van der Waals surface area contributed by atoms with Crippen molar-refractivity contribution in [3.63, 3.8) is 0 Å². The van der Waals surface area contributed by atoms with Gasteiger partial charge in [-0.05, 0) is 37.0 Å². The van der Waals surface area contributed by atoms with E-state index >= 15 is 0 Å². The molecule has 2 rings (SSSR count). The van der Waals surface area contributed by atoms with Gasteiger partial charge in [0.05, 0.1) is 17.2 Å². The highest BCUT2D eigenvalue weighted by Crippen LogP contribution is 2.35. The quantitative estimate of drug-likeness (QED) is 0.879. The summed E-state index contributed by atoms with van der Waals surface area (Å²) in [5, 5.41) is 19.4. The fraction of sp³-hybridized carbons (Fsp3) is 0.562. The molecular weight excluding hydrogens is 222 g/mol. The Balaban J connectivity index is 2.06. The van der Waals surface area contributed by atoms with E-state index in [2.05, 4.69) is 6.07 Å². The highest BCUT2D eigenvalue weighted by atomic mass is 16.3. The van der Waals surface area contributed by atoms with Crippen LogP contribution in [0.15, 0.2) is 24.3 Å². The lowest BCUT2D eigenvalue weighted by Crippen LogP contribution is -2.26. The molecule has 0 radical (unpaired) electrons. The van der Waals surface area contributed by atoms with Crippen LogP contribution in [0.3, 0.4) is 0 Å². The summed E-state index contributed by atoms with van der Waals surface area (Å²) in [6, 6.07) is 9.42.